The van der Waals surface area contributed by atoms with Gasteiger partial charge in [-0.15, -0.1) is 0 Å². The van der Waals surface area contributed by atoms with Crippen LogP contribution >= 0.6 is 0 Å². The number of rotatable bonds is 6. The summed E-state index contributed by atoms with van der Waals surface area (Å²) in [6.45, 7) is 2.43. The summed E-state index contributed by atoms with van der Waals surface area (Å²) >= 11 is 0. The molecule has 0 aromatic heterocycles. The third-order valence-electron chi connectivity index (χ3n) is 2.44. The van der Waals surface area contributed by atoms with E-state index in [1.807, 2.05) is 6.92 Å². The van der Waals surface area contributed by atoms with Gasteiger partial charge >= 0.3 is 5.97 Å². The van der Waals surface area contributed by atoms with Crippen LogP contribution in [-0.4, -0.2) is 37.9 Å². The first-order valence-electron chi connectivity index (χ1n) is 5.26. The maximum Gasteiger partial charge on any atom is 0.337 e. The number of hydrogen-bond acceptors (Lipinski definition) is 4. The summed E-state index contributed by atoms with van der Waals surface area (Å²) < 4.78 is 10.1. The fraction of sp³-hybridized carbons (Fsp3) is 0.417. The molecule has 0 bridgehead atoms. The predicted molar refractivity (Wildman–Crippen MR) is 64.9 cm³/mol. The van der Waals surface area contributed by atoms with Crippen LogP contribution in [0.2, 0.25) is 0 Å². The summed E-state index contributed by atoms with van der Waals surface area (Å²) in [5, 5.41) is 12.1. The van der Waals surface area contributed by atoms with Crippen molar-refractivity contribution in [1.29, 1.82) is 0 Å². The van der Waals surface area contributed by atoms with Gasteiger partial charge < -0.3 is 19.9 Å². The molecule has 1 atom stereocenters. The molecule has 0 saturated heterocycles. The SMILES string of the molecule is COc1ccc(C(=O)O)c(NCC(C)OC)c1. The van der Waals surface area contributed by atoms with Crippen molar-refractivity contribution in [2.45, 2.75) is 13.0 Å². The number of nitrogens with one attached hydrogen (secondary N) is 1. The lowest BCUT2D eigenvalue weighted by Gasteiger charge is -2.14. The second-order valence-corrected chi connectivity index (χ2v) is 3.64. The standard InChI is InChI=1S/C12H17NO4/c1-8(16-2)7-13-11-6-9(17-3)4-5-10(11)12(14)15/h4-6,8,13H,7H2,1-3H3,(H,14,15). The Labute approximate surface area is 100 Å². The van der Waals surface area contributed by atoms with Crippen molar-refractivity contribution in [1.82, 2.24) is 0 Å². The maximum atomic E-state index is 11.0. The summed E-state index contributed by atoms with van der Waals surface area (Å²) in [5.74, 6) is -0.359. The summed E-state index contributed by atoms with van der Waals surface area (Å²) in [7, 11) is 3.15. The topological polar surface area (TPSA) is 67.8 Å². The van der Waals surface area contributed by atoms with E-state index in [1.165, 1.54) is 13.2 Å². The highest BCUT2D eigenvalue weighted by molar-refractivity contribution is 5.94. The van der Waals surface area contributed by atoms with Gasteiger partial charge in [0.05, 0.1) is 24.5 Å². The van der Waals surface area contributed by atoms with Crippen molar-refractivity contribution in [3.8, 4) is 5.75 Å². The third kappa shape index (κ3) is 3.64. The fourth-order valence-electron chi connectivity index (χ4n) is 1.32. The Morgan fingerprint density at radius 3 is 2.71 bits per heavy atom. The lowest BCUT2D eigenvalue weighted by atomic mass is 10.1. The number of benzene rings is 1. The zero-order valence-corrected chi connectivity index (χ0v) is 10.2. The molecule has 0 spiro atoms. The Hall–Kier alpha value is -1.75. The van der Waals surface area contributed by atoms with Crippen LogP contribution in [0.5, 0.6) is 5.75 Å². The molecule has 0 saturated carbocycles. The van der Waals surface area contributed by atoms with Gasteiger partial charge in [0.25, 0.3) is 0 Å². The van der Waals surface area contributed by atoms with Gasteiger partial charge in [-0.25, -0.2) is 4.79 Å². The average Bonchev–Trinajstić information content (AvgIpc) is 2.35. The summed E-state index contributed by atoms with van der Waals surface area (Å²) in [6.07, 6.45) is 0.00264. The molecule has 5 heteroatoms. The molecule has 0 radical (unpaired) electrons. The molecule has 0 amide bonds. The maximum absolute atomic E-state index is 11.0. The zero-order valence-electron chi connectivity index (χ0n) is 10.2. The molecule has 0 fully saturated rings. The molecule has 94 valence electrons. The highest BCUT2D eigenvalue weighted by atomic mass is 16.5. The molecular formula is C12H17NO4. The van der Waals surface area contributed by atoms with Crippen LogP contribution in [0.15, 0.2) is 18.2 Å². The molecular weight excluding hydrogens is 222 g/mol. The number of aromatic carboxylic acids is 1. The number of carboxylic acids is 1. The monoisotopic (exact) mass is 239 g/mol. The lowest BCUT2D eigenvalue weighted by molar-refractivity contribution is 0.0697. The Morgan fingerprint density at radius 2 is 2.18 bits per heavy atom. The summed E-state index contributed by atoms with van der Waals surface area (Å²) in [6, 6.07) is 4.79. The molecule has 2 N–H and O–H groups in total. The largest absolute Gasteiger partial charge is 0.497 e. The van der Waals surface area contributed by atoms with Crippen LogP contribution in [0.3, 0.4) is 0 Å². The van der Waals surface area contributed by atoms with E-state index in [9.17, 15) is 4.79 Å². The number of carbonyl (C=O) groups is 1. The van der Waals surface area contributed by atoms with E-state index in [-0.39, 0.29) is 11.7 Å². The van der Waals surface area contributed by atoms with Crippen LogP contribution in [0, 0.1) is 0 Å². The van der Waals surface area contributed by atoms with Crippen molar-refractivity contribution in [3.05, 3.63) is 23.8 Å². The molecule has 1 rings (SSSR count). The van der Waals surface area contributed by atoms with Crippen molar-refractivity contribution in [3.63, 3.8) is 0 Å². The highest BCUT2D eigenvalue weighted by Crippen LogP contribution is 2.22. The van der Waals surface area contributed by atoms with Gasteiger partial charge in [0, 0.05) is 19.7 Å². The molecule has 17 heavy (non-hydrogen) atoms. The molecule has 1 aromatic rings. The molecule has 1 unspecified atom stereocenters. The highest BCUT2D eigenvalue weighted by Gasteiger charge is 2.11. The first-order chi connectivity index (χ1) is 8.08. The summed E-state index contributed by atoms with van der Waals surface area (Å²) in [5.41, 5.74) is 0.745. The minimum absolute atomic E-state index is 0.00264. The van der Waals surface area contributed by atoms with E-state index in [0.717, 1.165) is 0 Å². The van der Waals surface area contributed by atoms with Crippen molar-refractivity contribution < 1.29 is 19.4 Å². The van der Waals surface area contributed by atoms with Crippen LogP contribution in [0.4, 0.5) is 5.69 Å². The van der Waals surface area contributed by atoms with E-state index in [4.69, 9.17) is 14.6 Å². The van der Waals surface area contributed by atoms with Gasteiger partial charge in [-0.3, -0.25) is 0 Å². The smallest absolute Gasteiger partial charge is 0.337 e. The second-order valence-electron chi connectivity index (χ2n) is 3.64. The number of ether oxygens (including phenoxy) is 2. The average molecular weight is 239 g/mol. The van der Waals surface area contributed by atoms with Gasteiger partial charge in [0.2, 0.25) is 0 Å². The normalized spacial score (nSPS) is 11.9. The van der Waals surface area contributed by atoms with E-state index in [2.05, 4.69) is 5.32 Å². The van der Waals surface area contributed by atoms with E-state index < -0.39 is 5.97 Å². The quantitative estimate of drug-likeness (QED) is 0.792. The molecule has 5 nitrogen and oxygen atoms in total. The van der Waals surface area contributed by atoms with E-state index >= 15 is 0 Å². The van der Waals surface area contributed by atoms with Gasteiger partial charge in [0.1, 0.15) is 5.75 Å². The van der Waals surface area contributed by atoms with E-state index in [0.29, 0.717) is 18.0 Å². The number of hydrogen-bond donors (Lipinski definition) is 2. The minimum Gasteiger partial charge on any atom is -0.497 e. The summed E-state index contributed by atoms with van der Waals surface area (Å²) in [4.78, 5) is 11.0. The van der Waals surface area contributed by atoms with Crippen molar-refractivity contribution >= 4 is 11.7 Å². The van der Waals surface area contributed by atoms with Crippen LogP contribution in [0.25, 0.3) is 0 Å². The van der Waals surface area contributed by atoms with Crippen molar-refractivity contribution in [2.24, 2.45) is 0 Å². The minimum atomic E-state index is -0.972. The van der Waals surface area contributed by atoms with Gasteiger partial charge in [0.15, 0.2) is 0 Å². The molecule has 0 aliphatic carbocycles. The Bertz CT molecular complexity index is 392. The molecule has 1 aromatic carbocycles. The van der Waals surface area contributed by atoms with E-state index in [1.54, 1.807) is 19.2 Å². The van der Waals surface area contributed by atoms with Crippen LogP contribution in [-0.2, 0) is 4.74 Å². The van der Waals surface area contributed by atoms with Crippen LogP contribution in [0.1, 0.15) is 17.3 Å². The predicted octanol–water partition coefficient (Wildman–Crippen LogP) is 1.84. The Kier molecular flexibility index (Phi) is 4.78. The Balaban J connectivity index is 2.89. The first-order valence-corrected chi connectivity index (χ1v) is 5.26. The molecule has 0 aliphatic rings. The molecule has 0 aliphatic heterocycles. The number of anilines is 1. The van der Waals surface area contributed by atoms with Gasteiger partial charge in [-0.05, 0) is 19.1 Å². The van der Waals surface area contributed by atoms with Crippen LogP contribution < -0.4 is 10.1 Å². The Morgan fingerprint density at radius 1 is 1.47 bits per heavy atom. The number of methoxy groups -OCH3 is 2. The van der Waals surface area contributed by atoms with Gasteiger partial charge in [-0.2, -0.15) is 0 Å². The second kappa shape index (κ2) is 6.10. The fourth-order valence-corrected chi connectivity index (χ4v) is 1.32. The molecule has 0 heterocycles. The first kappa shape index (κ1) is 13.3. The number of carboxylic acid groups (broad SMARTS) is 1. The van der Waals surface area contributed by atoms with Crippen molar-refractivity contribution in [2.75, 3.05) is 26.1 Å². The zero-order chi connectivity index (χ0) is 12.8. The lowest BCUT2D eigenvalue weighted by Crippen LogP contribution is -2.19. The third-order valence-corrected chi connectivity index (χ3v) is 2.44. The van der Waals surface area contributed by atoms with Gasteiger partial charge in [-0.1, -0.05) is 0 Å².